The fraction of sp³-hybridized carbons (Fsp3) is 0.650. The van der Waals surface area contributed by atoms with Crippen LogP contribution in [0, 0.1) is 17.8 Å². The van der Waals surface area contributed by atoms with Gasteiger partial charge in [0.2, 0.25) is 5.91 Å². The lowest BCUT2D eigenvalue weighted by atomic mass is 9.75. The van der Waals surface area contributed by atoms with Gasteiger partial charge in [0.15, 0.2) is 0 Å². The van der Waals surface area contributed by atoms with Gasteiger partial charge in [-0.05, 0) is 36.7 Å². The average Bonchev–Trinajstić information content (AvgIpc) is 2.58. The average molecular weight is 333 g/mol. The summed E-state index contributed by atoms with van der Waals surface area (Å²) in [6, 6.07) is 7.72. The maximum absolute atomic E-state index is 12.1. The van der Waals surface area contributed by atoms with Crippen molar-refractivity contribution < 1.29 is 14.3 Å². The van der Waals surface area contributed by atoms with E-state index in [9.17, 15) is 4.79 Å². The third-order valence-electron chi connectivity index (χ3n) is 5.06. The molecule has 0 aliphatic heterocycles. The lowest BCUT2D eigenvalue weighted by molar-refractivity contribution is -0.131. The summed E-state index contributed by atoms with van der Waals surface area (Å²) in [5.41, 5.74) is 0.972. The topological polar surface area (TPSA) is 47.6 Å². The van der Waals surface area contributed by atoms with Gasteiger partial charge in [-0.2, -0.15) is 0 Å². The zero-order valence-corrected chi connectivity index (χ0v) is 15.4. The molecule has 0 radical (unpaired) electrons. The Bertz CT molecular complexity index is 529. The van der Waals surface area contributed by atoms with Crippen molar-refractivity contribution in [3.63, 3.8) is 0 Å². The van der Waals surface area contributed by atoms with Crippen molar-refractivity contribution in [1.82, 2.24) is 5.32 Å². The quantitative estimate of drug-likeness (QED) is 0.826. The first kappa shape index (κ1) is 18.8. The van der Waals surface area contributed by atoms with Gasteiger partial charge in [-0.25, -0.2) is 0 Å². The van der Waals surface area contributed by atoms with Crippen molar-refractivity contribution in [2.75, 3.05) is 13.7 Å². The van der Waals surface area contributed by atoms with Crippen LogP contribution in [0.2, 0.25) is 0 Å². The predicted molar refractivity (Wildman–Crippen MR) is 95.9 cm³/mol. The number of rotatable bonds is 7. The second-order valence-corrected chi connectivity index (χ2v) is 7.26. The molecule has 4 nitrogen and oxygen atoms in total. The van der Waals surface area contributed by atoms with Crippen LogP contribution in [0.25, 0.3) is 0 Å². The minimum Gasteiger partial charge on any atom is -0.496 e. The van der Waals surface area contributed by atoms with Gasteiger partial charge in [-0.3, -0.25) is 4.79 Å². The molecule has 1 fully saturated rings. The van der Waals surface area contributed by atoms with E-state index in [1.165, 1.54) is 12.8 Å². The second kappa shape index (κ2) is 9.07. The van der Waals surface area contributed by atoms with Gasteiger partial charge in [-0.15, -0.1) is 0 Å². The van der Waals surface area contributed by atoms with Crippen LogP contribution < -0.4 is 10.1 Å². The zero-order chi connectivity index (χ0) is 17.5. The van der Waals surface area contributed by atoms with E-state index in [-0.39, 0.29) is 18.6 Å². The van der Waals surface area contributed by atoms with E-state index in [0.717, 1.165) is 17.7 Å². The van der Waals surface area contributed by atoms with Crippen molar-refractivity contribution in [2.24, 2.45) is 17.8 Å². The Hall–Kier alpha value is -1.55. The molecule has 1 aliphatic rings. The van der Waals surface area contributed by atoms with E-state index in [0.29, 0.717) is 24.3 Å². The second-order valence-electron chi connectivity index (χ2n) is 7.26. The summed E-state index contributed by atoms with van der Waals surface area (Å²) >= 11 is 0. The minimum absolute atomic E-state index is 0.0679. The van der Waals surface area contributed by atoms with Gasteiger partial charge < -0.3 is 14.8 Å². The van der Waals surface area contributed by atoms with Crippen LogP contribution in [0.1, 0.15) is 45.6 Å². The largest absolute Gasteiger partial charge is 0.496 e. The van der Waals surface area contributed by atoms with Gasteiger partial charge >= 0.3 is 0 Å². The van der Waals surface area contributed by atoms with Gasteiger partial charge in [-0.1, -0.05) is 45.4 Å². The van der Waals surface area contributed by atoms with Gasteiger partial charge in [0, 0.05) is 12.1 Å². The van der Waals surface area contributed by atoms with E-state index < -0.39 is 0 Å². The van der Waals surface area contributed by atoms with Crippen LogP contribution in [0.5, 0.6) is 5.75 Å². The minimum atomic E-state index is -0.0679. The van der Waals surface area contributed by atoms with E-state index in [1.807, 2.05) is 24.3 Å². The highest BCUT2D eigenvalue weighted by Gasteiger charge is 2.31. The summed E-state index contributed by atoms with van der Waals surface area (Å²) in [6.07, 6.45) is 3.73. The molecule has 1 saturated carbocycles. The Balaban J connectivity index is 1.81. The van der Waals surface area contributed by atoms with E-state index in [2.05, 4.69) is 26.1 Å². The molecule has 0 bridgehead atoms. The standard InChI is InChI=1S/C20H31NO3/c1-14(2)17-10-9-15(3)11-19(17)24-13-20(22)21-12-16-7-5-6-8-18(16)23-4/h5-8,14-15,17,19H,9-13H2,1-4H3,(H,21,22)/t15-,17+,19-/m1/s1. The molecule has 1 N–H and O–H groups in total. The van der Waals surface area contributed by atoms with Crippen LogP contribution in [-0.4, -0.2) is 25.7 Å². The lowest BCUT2D eigenvalue weighted by Gasteiger charge is -2.37. The number of para-hydroxylation sites is 1. The molecule has 0 saturated heterocycles. The van der Waals surface area contributed by atoms with Crippen molar-refractivity contribution in [3.8, 4) is 5.75 Å². The Morgan fingerprint density at radius 3 is 2.75 bits per heavy atom. The van der Waals surface area contributed by atoms with Crippen molar-refractivity contribution in [1.29, 1.82) is 0 Å². The van der Waals surface area contributed by atoms with E-state index in [4.69, 9.17) is 9.47 Å². The summed E-state index contributed by atoms with van der Waals surface area (Å²) in [5, 5.41) is 2.92. The third kappa shape index (κ3) is 5.23. The van der Waals surface area contributed by atoms with Crippen LogP contribution in [0.3, 0.4) is 0 Å². The highest BCUT2D eigenvalue weighted by atomic mass is 16.5. The molecule has 1 aromatic rings. The highest BCUT2D eigenvalue weighted by Crippen LogP contribution is 2.35. The Morgan fingerprint density at radius 2 is 2.04 bits per heavy atom. The number of nitrogens with one attached hydrogen (secondary N) is 1. The number of benzene rings is 1. The summed E-state index contributed by atoms with van der Waals surface area (Å²) in [5.74, 6) is 2.56. The lowest BCUT2D eigenvalue weighted by Crippen LogP contribution is -2.37. The Morgan fingerprint density at radius 1 is 1.29 bits per heavy atom. The predicted octanol–water partition coefficient (Wildman–Crippen LogP) is 3.79. The Labute approximate surface area is 145 Å². The molecular formula is C20H31NO3. The number of hydrogen-bond acceptors (Lipinski definition) is 3. The normalized spacial score (nSPS) is 24.0. The first-order chi connectivity index (χ1) is 11.5. The number of methoxy groups -OCH3 is 1. The number of amides is 1. The van der Waals surface area contributed by atoms with Gasteiger partial charge in [0.25, 0.3) is 0 Å². The van der Waals surface area contributed by atoms with Crippen LogP contribution in [0.4, 0.5) is 0 Å². The summed E-state index contributed by atoms with van der Waals surface area (Å²) in [7, 11) is 1.64. The van der Waals surface area contributed by atoms with E-state index >= 15 is 0 Å². The number of carbonyl (C=O) groups is 1. The number of ether oxygens (including phenoxy) is 2. The molecule has 134 valence electrons. The third-order valence-corrected chi connectivity index (χ3v) is 5.06. The summed E-state index contributed by atoms with van der Waals surface area (Å²) < 4.78 is 11.3. The first-order valence-corrected chi connectivity index (χ1v) is 9.01. The smallest absolute Gasteiger partial charge is 0.246 e. The number of carbonyl (C=O) groups excluding carboxylic acids is 1. The van der Waals surface area contributed by atoms with Crippen LogP contribution in [0.15, 0.2) is 24.3 Å². The maximum Gasteiger partial charge on any atom is 0.246 e. The van der Waals surface area contributed by atoms with Crippen molar-refractivity contribution >= 4 is 5.91 Å². The number of hydrogen-bond donors (Lipinski definition) is 1. The van der Waals surface area contributed by atoms with Crippen LogP contribution in [-0.2, 0) is 16.1 Å². The maximum atomic E-state index is 12.1. The SMILES string of the molecule is COc1ccccc1CNC(=O)CO[C@@H]1C[C@H](C)CC[C@H]1C(C)C. The summed E-state index contributed by atoms with van der Waals surface area (Å²) in [4.78, 5) is 12.1. The van der Waals surface area contributed by atoms with Crippen molar-refractivity contribution in [3.05, 3.63) is 29.8 Å². The molecule has 24 heavy (non-hydrogen) atoms. The molecule has 1 aromatic carbocycles. The molecule has 0 unspecified atom stereocenters. The molecule has 0 spiro atoms. The molecule has 1 amide bonds. The molecule has 0 heterocycles. The molecule has 3 atom stereocenters. The molecular weight excluding hydrogens is 302 g/mol. The summed E-state index contributed by atoms with van der Waals surface area (Å²) in [6.45, 7) is 7.36. The first-order valence-electron chi connectivity index (χ1n) is 9.01. The highest BCUT2D eigenvalue weighted by molar-refractivity contribution is 5.77. The fourth-order valence-electron chi connectivity index (χ4n) is 3.58. The van der Waals surface area contributed by atoms with Gasteiger partial charge in [0.05, 0.1) is 13.2 Å². The molecule has 2 rings (SSSR count). The monoisotopic (exact) mass is 333 g/mol. The van der Waals surface area contributed by atoms with Crippen molar-refractivity contribution in [2.45, 2.75) is 52.7 Å². The molecule has 1 aliphatic carbocycles. The Kier molecular flexibility index (Phi) is 7.10. The fourth-order valence-corrected chi connectivity index (χ4v) is 3.58. The van der Waals surface area contributed by atoms with E-state index in [1.54, 1.807) is 7.11 Å². The van der Waals surface area contributed by atoms with Gasteiger partial charge in [0.1, 0.15) is 12.4 Å². The molecule has 0 aromatic heterocycles. The van der Waals surface area contributed by atoms with Crippen LogP contribution >= 0.6 is 0 Å². The zero-order valence-electron chi connectivity index (χ0n) is 15.4. The molecule has 4 heteroatoms.